The van der Waals surface area contributed by atoms with Gasteiger partial charge in [-0.2, -0.15) is 5.26 Å². The molecular formula is C20H22N4O2. The maximum absolute atomic E-state index is 12.5. The third kappa shape index (κ3) is 4.74. The molecule has 134 valence electrons. The number of furan rings is 1. The topological polar surface area (TPSA) is 72.5 Å². The van der Waals surface area contributed by atoms with Gasteiger partial charge in [-0.25, -0.2) is 0 Å². The number of piperazine rings is 1. The number of carbonyl (C=O) groups excluding carboxylic acids is 1. The van der Waals surface area contributed by atoms with Crippen LogP contribution in [0.5, 0.6) is 0 Å². The quantitative estimate of drug-likeness (QED) is 0.638. The van der Waals surface area contributed by atoms with Crippen LogP contribution in [-0.2, 0) is 17.9 Å². The van der Waals surface area contributed by atoms with Gasteiger partial charge in [0.2, 0.25) is 0 Å². The number of nitrogens with zero attached hydrogens (tertiary/aromatic N) is 3. The van der Waals surface area contributed by atoms with Crippen LogP contribution in [0.25, 0.3) is 0 Å². The van der Waals surface area contributed by atoms with Crippen LogP contribution in [0.2, 0.25) is 0 Å². The second-order valence-corrected chi connectivity index (χ2v) is 6.18. The van der Waals surface area contributed by atoms with Crippen molar-refractivity contribution >= 4 is 5.91 Å². The minimum absolute atomic E-state index is 0.119. The highest BCUT2D eigenvalue weighted by atomic mass is 16.3. The van der Waals surface area contributed by atoms with Crippen molar-refractivity contribution in [2.45, 2.75) is 13.1 Å². The molecular weight excluding hydrogens is 328 g/mol. The molecule has 0 spiro atoms. The summed E-state index contributed by atoms with van der Waals surface area (Å²) in [5, 5.41) is 12.3. The van der Waals surface area contributed by atoms with E-state index in [1.54, 1.807) is 17.2 Å². The van der Waals surface area contributed by atoms with Crippen LogP contribution in [0, 0.1) is 11.3 Å². The first-order chi connectivity index (χ1) is 12.8. The molecule has 0 atom stereocenters. The SMILES string of the molecule is N#C/C(=C/NCc1ccco1)C(=O)N1CCN(Cc2ccccc2)CC1. The van der Waals surface area contributed by atoms with Crippen molar-refractivity contribution in [3.8, 4) is 6.07 Å². The Kier molecular flexibility index (Phi) is 6.07. The summed E-state index contributed by atoms with van der Waals surface area (Å²) in [6.07, 6.45) is 3.06. The summed E-state index contributed by atoms with van der Waals surface area (Å²) in [6.45, 7) is 4.19. The second-order valence-electron chi connectivity index (χ2n) is 6.18. The van der Waals surface area contributed by atoms with Gasteiger partial charge in [0.25, 0.3) is 5.91 Å². The molecule has 2 aromatic rings. The smallest absolute Gasteiger partial charge is 0.266 e. The number of amides is 1. The van der Waals surface area contributed by atoms with E-state index in [0.29, 0.717) is 19.6 Å². The molecule has 2 heterocycles. The Balaban J connectivity index is 1.49. The van der Waals surface area contributed by atoms with Crippen LogP contribution in [0.15, 0.2) is 64.9 Å². The van der Waals surface area contributed by atoms with Gasteiger partial charge in [-0.15, -0.1) is 0 Å². The molecule has 0 radical (unpaired) electrons. The Morgan fingerprint density at radius 1 is 1.15 bits per heavy atom. The molecule has 1 saturated heterocycles. The van der Waals surface area contributed by atoms with Gasteiger partial charge in [-0.05, 0) is 17.7 Å². The lowest BCUT2D eigenvalue weighted by Crippen LogP contribution is -2.48. The first-order valence-corrected chi connectivity index (χ1v) is 8.68. The lowest BCUT2D eigenvalue weighted by molar-refractivity contribution is -0.128. The Bertz CT molecular complexity index is 770. The zero-order valence-corrected chi connectivity index (χ0v) is 14.6. The van der Waals surface area contributed by atoms with Gasteiger partial charge in [0.15, 0.2) is 0 Å². The maximum Gasteiger partial charge on any atom is 0.266 e. The molecule has 1 aliphatic heterocycles. The third-order valence-electron chi connectivity index (χ3n) is 4.36. The van der Waals surface area contributed by atoms with E-state index >= 15 is 0 Å². The molecule has 6 nitrogen and oxygen atoms in total. The Morgan fingerprint density at radius 2 is 1.92 bits per heavy atom. The molecule has 0 aliphatic carbocycles. The monoisotopic (exact) mass is 350 g/mol. The van der Waals surface area contributed by atoms with Gasteiger partial charge < -0.3 is 14.6 Å². The van der Waals surface area contributed by atoms with E-state index in [0.717, 1.165) is 25.4 Å². The highest BCUT2D eigenvalue weighted by Gasteiger charge is 2.23. The molecule has 0 saturated carbocycles. The summed E-state index contributed by atoms with van der Waals surface area (Å²) in [5.74, 6) is 0.527. The van der Waals surface area contributed by atoms with Gasteiger partial charge in [-0.1, -0.05) is 30.3 Å². The summed E-state index contributed by atoms with van der Waals surface area (Å²) in [4.78, 5) is 16.6. The van der Waals surface area contributed by atoms with Gasteiger partial charge in [0.05, 0.1) is 12.8 Å². The third-order valence-corrected chi connectivity index (χ3v) is 4.36. The van der Waals surface area contributed by atoms with E-state index in [1.807, 2.05) is 30.3 Å². The predicted octanol–water partition coefficient (Wildman–Crippen LogP) is 2.12. The molecule has 1 amide bonds. The Labute approximate surface area is 153 Å². The highest BCUT2D eigenvalue weighted by molar-refractivity contribution is 5.97. The van der Waals surface area contributed by atoms with E-state index in [-0.39, 0.29) is 11.5 Å². The molecule has 0 unspecified atom stereocenters. The summed E-state index contributed by atoms with van der Waals surface area (Å²) in [7, 11) is 0. The average molecular weight is 350 g/mol. The molecule has 1 N–H and O–H groups in total. The van der Waals surface area contributed by atoms with Crippen molar-refractivity contribution in [1.29, 1.82) is 5.26 Å². The first-order valence-electron chi connectivity index (χ1n) is 8.68. The first kappa shape index (κ1) is 17.8. The number of benzene rings is 1. The normalized spacial score (nSPS) is 15.5. The molecule has 26 heavy (non-hydrogen) atoms. The molecule has 1 aliphatic rings. The van der Waals surface area contributed by atoms with Crippen LogP contribution in [0.3, 0.4) is 0 Å². The van der Waals surface area contributed by atoms with Crippen molar-refractivity contribution in [3.63, 3.8) is 0 Å². The standard InChI is InChI=1S/C20H22N4O2/c21-13-18(14-22-15-19-7-4-12-26-19)20(25)24-10-8-23(9-11-24)16-17-5-2-1-3-6-17/h1-7,12,14,22H,8-11,15-16H2/b18-14-. The average Bonchev–Trinajstić information content (AvgIpc) is 3.20. The number of nitriles is 1. The summed E-state index contributed by atoms with van der Waals surface area (Å²) in [6, 6.07) is 15.9. The van der Waals surface area contributed by atoms with E-state index < -0.39 is 0 Å². The van der Waals surface area contributed by atoms with Crippen molar-refractivity contribution in [2.24, 2.45) is 0 Å². The fraction of sp³-hybridized carbons (Fsp3) is 0.300. The molecule has 6 heteroatoms. The van der Waals surface area contributed by atoms with E-state index in [4.69, 9.17) is 4.42 Å². The van der Waals surface area contributed by atoms with E-state index in [1.165, 1.54) is 11.8 Å². The molecule has 3 rings (SSSR count). The maximum atomic E-state index is 12.5. The highest BCUT2D eigenvalue weighted by Crippen LogP contribution is 2.10. The second kappa shape index (κ2) is 8.88. The lowest BCUT2D eigenvalue weighted by atomic mass is 10.2. The summed E-state index contributed by atoms with van der Waals surface area (Å²) in [5.41, 5.74) is 1.39. The largest absolute Gasteiger partial charge is 0.467 e. The van der Waals surface area contributed by atoms with E-state index in [2.05, 4.69) is 22.3 Å². The zero-order chi connectivity index (χ0) is 18.2. The van der Waals surface area contributed by atoms with Gasteiger partial charge in [0.1, 0.15) is 17.4 Å². The van der Waals surface area contributed by atoms with Gasteiger partial charge in [0, 0.05) is 38.9 Å². The summed E-state index contributed by atoms with van der Waals surface area (Å²) >= 11 is 0. The van der Waals surface area contributed by atoms with Crippen molar-refractivity contribution < 1.29 is 9.21 Å². The number of nitrogens with one attached hydrogen (secondary N) is 1. The van der Waals surface area contributed by atoms with Crippen molar-refractivity contribution in [1.82, 2.24) is 15.1 Å². The Morgan fingerprint density at radius 3 is 2.58 bits per heavy atom. The zero-order valence-electron chi connectivity index (χ0n) is 14.6. The minimum Gasteiger partial charge on any atom is -0.467 e. The molecule has 1 fully saturated rings. The number of hydrogen-bond acceptors (Lipinski definition) is 5. The summed E-state index contributed by atoms with van der Waals surface area (Å²) < 4.78 is 5.21. The minimum atomic E-state index is -0.223. The lowest BCUT2D eigenvalue weighted by Gasteiger charge is -2.34. The van der Waals surface area contributed by atoms with E-state index in [9.17, 15) is 10.1 Å². The molecule has 1 aromatic carbocycles. The van der Waals surface area contributed by atoms with Crippen LogP contribution >= 0.6 is 0 Å². The molecule has 0 bridgehead atoms. The van der Waals surface area contributed by atoms with Crippen LogP contribution < -0.4 is 5.32 Å². The van der Waals surface area contributed by atoms with Crippen LogP contribution in [-0.4, -0.2) is 41.9 Å². The number of rotatable bonds is 6. The number of carbonyl (C=O) groups is 1. The Hall–Kier alpha value is -3.04. The van der Waals surface area contributed by atoms with Gasteiger partial charge in [-0.3, -0.25) is 9.69 Å². The predicted molar refractivity (Wildman–Crippen MR) is 97.5 cm³/mol. The number of hydrogen-bond donors (Lipinski definition) is 1. The fourth-order valence-electron chi connectivity index (χ4n) is 2.93. The fourth-order valence-corrected chi connectivity index (χ4v) is 2.93. The van der Waals surface area contributed by atoms with Crippen molar-refractivity contribution in [2.75, 3.05) is 26.2 Å². The van der Waals surface area contributed by atoms with Crippen molar-refractivity contribution in [3.05, 3.63) is 71.8 Å². The van der Waals surface area contributed by atoms with Gasteiger partial charge >= 0.3 is 0 Å². The van der Waals surface area contributed by atoms with Crippen LogP contribution in [0.4, 0.5) is 0 Å². The van der Waals surface area contributed by atoms with Crippen LogP contribution in [0.1, 0.15) is 11.3 Å². The molecule has 1 aromatic heterocycles.